The maximum atomic E-state index is 6.08. The van der Waals surface area contributed by atoms with Crippen LogP contribution in [0.5, 0.6) is 0 Å². The molecule has 0 fully saturated rings. The van der Waals surface area contributed by atoms with Gasteiger partial charge in [0.15, 0.2) is 0 Å². The summed E-state index contributed by atoms with van der Waals surface area (Å²) in [6, 6.07) is 4.99. The summed E-state index contributed by atoms with van der Waals surface area (Å²) in [5.41, 5.74) is 6.06. The summed E-state index contributed by atoms with van der Waals surface area (Å²) >= 11 is 7.74. The van der Waals surface area contributed by atoms with Crippen molar-refractivity contribution in [1.29, 1.82) is 0 Å². The van der Waals surface area contributed by atoms with Crippen LogP contribution in [-0.4, -0.2) is 24.0 Å². The fourth-order valence-electron chi connectivity index (χ4n) is 2.63. The third-order valence-corrected chi connectivity index (χ3v) is 4.87. The van der Waals surface area contributed by atoms with Gasteiger partial charge in [0.25, 0.3) is 0 Å². The van der Waals surface area contributed by atoms with Crippen molar-refractivity contribution in [1.82, 2.24) is 4.90 Å². The third kappa shape index (κ3) is 4.75. The van der Waals surface area contributed by atoms with Crippen LogP contribution in [0.1, 0.15) is 51.5 Å². The lowest BCUT2D eigenvalue weighted by molar-refractivity contribution is 0.114. The van der Waals surface area contributed by atoms with Gasteiger partial charge in [0.05, 0.1) is 10.4 Å². The smallest absolute Gasteiger partial charge is 0.0931 e. The van der Waals surface area contributed by atoms with Crippen LogP contribution in [0.3, 0.4) is 0 Å². The van der Waals surface area contributed by atoms with Gasteiger partial charge in [-0.1, -0.05) is 39.3 Å². The molecular weight excluding hydrogens is 276 g/mol. The molecule has 0 saturated heterocycles. The zero-order valence-corrected chi connectivity index (χ0v) is 14.1. The molecule has 1 aromatic rings. The van der Waals surface area contributed by atoms with Gasteiger partial charge in [-0.2, -0.15) is 0 Å². The van der Waals surface area contributed by atoms with E-state index in [1.54, 1.807) is 11.3 Å². The SMILES string of the molecule is CCC(CC)N(CC(C)C)C(CN)c1ccc(Cl)s1. The summed E-state index contributed by atoms with van der Waals surface area (Å²) in [6.07, 6.45) is 2.33. The van der Waals surface area contributed by atoms with Crippen molar-refractivity contribution in [3.05, 3.63) is 21.3 Å². The van der Waals surface area contributed by atoms with Crippen LogP contribution >= 0.6 is 22.9 Å². The average Bonchev–Trinajstić information content (AvgIpc) is 2.77. The van der Waals surface area contributed by atoms with E-state index in [4.69, 9.17) is 17.3 Å². The molecule has 0 amide bonds. The molecule has 0 spiro atoms. The van der Waals surface area contributed by atoms with Gasteiger partial charge in [-0.25, -0.2) is 0 Å². The Morgan fingerprint density at radius 1 is 1.26 bits per heavy atom. The van der Waals surface area contributed by atoms with E-state index >= 15 is 0 Å². The van der Waals surface area contributed by atoms with E-state index in [0.29, 0.717) is 24.5 Å². The maximum Gasteiger partial charge on any atom is 0.0931 e. The highest BCUT2D eigenvalue weighted by Gasteiger charge is 2.26. The van der Waals surface area contributed by atoms with Crippen molar-refractivity contribution < 1.29 is 0 Å². The molecular formula is C15H27ClN2S. The van der Waals surface area contributed by atoms with Crippen LogP contribution in [0.4, 0.5) is 0 Å². The van der Waals surface area contributed by atoms with E-state index in [2.05, 4.69) is 38.7 Å². The van der Waals surface area contributed by atoms with Gasteiger partial charge in [-0.15, -0.1) is 11.3 Å². The quantitative estimate of drug-likeness (QED) is 0.763. The number of halogens is 1. The summed E-state index contributed by atoms with van der Waals surface area (Å²) in [5, 5.41) is 0. The van der Waals surface area contributed by atoms with E-state index in [0.717, 1.165) is 10.9 Å². The predicted molar refractivity (Wildman–Crippen MR) is 87.0 cm³/mol. The number of thiophene rings is 1. The van der Waals surface area contributed by atoms with Gasteiger partial charge in [0, 0.05) is 24.0 Å². The van der Waals surface area contributed by atoms with E-state index in [1.807, 2.05) is 6.07 Å². The predicted octanol–water partition coefficient (Wildman–Crippen LogP) is 4.55. The molecule has 0 saturated carbocycles. The molecule has 0 bridgehead atoms. The Labute approximate surface area is 126 Å². The van der Waals surface area contributed by atoms with Gasteiger partial charge < -0.3 is 5.73 Å². The highest BCUT2D eigenvalue weighted by atomic mass is 35.5. The van der Waals surface area contributed by atoms with E-state index < -0.39 is 0 Å². The molecule has 110 valence electrons. The topological polar surface area (TPSA) is 29.3 Å². The minimum absolute atomic E-state index is 0.296. The molecule has 1 aromatic heterocycles. The first-order chi connectivity index (χ1) is 9.03. The lowest BCUT2D eigenvalue weighted by atomic mass is 10.0. The molecule has 19 heavy (non-hydrogen) atoms. The zero-order valence-electron chi connectivity index (χ0n) is 12.5. The number of hydrogen-bond donors (Lipinski definition) is 1. The largest absolute Gasteiger partial charge is 0.329 e. The summed E-state index contributed by atoms with van der Waals surface area (Å²) < 4.78 is 0.850. The van der Waals surface area contributed by atoms with E-state index in [-0.39, 0.29) is 0 Å². The molecule has 0 aromatic carbocycles. The zero-order chi connectivity index (χ0) is 14.4. The second-order valence-corrected chi connectivity index (χ2v) is 7.20. The Morgan fingerprint density at radius 2 is 1.89 bits per heavy atom. The highest BCUT2D eigenvalue weighted by molar-refractivity contribution is 7.16. The Morgan fingerprint density at radius 3 is 2.26 bits per heavy atom. The summed E-state index contributed by atoms with van der Waals surface area (Å²) in [5.74, 6) is 0.644. The highest BCUT2D eigenvalue weighted by Crippen LogP contribution is 2.32. The normalized spacial score (nSPS) is 13.7. The molecule has 0 radical (unpaired) electrons. The Kier molecular flexibility index (Phi) is 7.37. The van der Waals surface area contributed by atoms with Crippen LogP contribution in [0.2, 0.25) is 4.34 Å². The summed E-state index contributed by atoms with van der Waals surface area (Å²) in [4.78, 5) is 3.87. The number of nitrogens with zero attached hydrogens (tertiary/aromatic N) is 1. The van der Waals surface area contributed by atoms with Gasteiger partial charge in [-0.05, 0) is 30.9 Å². The van der Waals surface area contributed by atoms with Crippen molar-refractivity contribution in [3.8, 4) is 0 Å². The molecule has 4 heteroatoms. The molecule has 0 aliphatic carbocycles. The minimum Gasteiger partial charge on any atom is -0.329 e. The standard InChI is InChI=1S/C15H27ClN2S/c1-5-12(6-2)18(10-11(3)4)13(9-17)14-7-8-15(16)19-14/h7-8,11-13H,5-6,9-10,17H2,1-4H3. The fraction of sp³-hybridized carbons (Fsp3) is 0.733. The monoisotopic (exact) mass is 302 g/mol. The maximum absolute atomic E-state index is 6.08. The Hall–Kier alpha value is -0.0900. The van der Waals surface area contributed by atoms with Crippen molar-refractivity contribution in [2.75, 3.05) is 13.1 Å². The van der Waals surface area contributed by atoms with Gasteiger partial charge in [-0.3, -0.25) is 4.90 Å². The minimum atomic E-state index is 0.296. The first-order valence-electron chi connectivity index (χ1n) is 7.24. The van der Waals surface area contributed by atoms with Crippen LogP contribution < -0.4 is 5.73 Å². The van der Waals surface area contributed by atoms with Gasteiger partial charge in [0.2, 0.25) is 0 Å². The van der Waals surface area contributed by atoms with E-state index in [9.17, 15) is 0 Å². The van der Waals surface area contributed by atoms with Gasteiger partial charge in [0.1, 0.15) is 0 Å². The number of rotatable bonds is 8. The molecule has 1 rings (SSSR count). The van der Waals surface area contributed by atoms with Gasteiger partial charge >= 0.3 is 0 Å². The molecule has 0 aliphatic heterocycles. The Bertz CT molecular complexity index is 361. The number of hydrogen-bond acceptors (Lipinski definition) is 3. The van der Waals surface area contributed by atoms with Crippen LogP contribution in [-0.2, 0) is 0 Å². The van der Waals surface area contributed by atoms with Crippen LogP contribution in [0.15, 0.2) is 12.1 Å². The fourth-order valence-corrected chi connectivity index (χ4v) is 3.83. The lowest BCUT2D eigenvalue weighted by Gasteiger charge is -2.37. The molecule has 2 nitrogen and oxygen atoms in total. The first kappa shape index (κ1) is 17.0. The lowest BCUT2D eigenvalue weighted by Crippen LogP contribution is -2.42. The van der Waals surface area contributed by atoms with Crippen molar-refractivity contribution in [2.24, 2.45) is 11.7 Å². The van der Waals surface area contributed by atoms with Crippen LogP contribution in [0, 0.1) is 5.92 Å². The summed E-state index contributed by atoms with van der Waals surface area (Å²) in [6.45, 7) is 10.8. The molecule has 1 heterocycles. The second kappa shape index (κ2) is 8.25. The Balaban J connectivity index is 2.98. The van der Waals surface area contributed by atoms with Crippen molar-refractivity contribution in [3.63, 3.8) is 0 Å². The van der Waals surface area contributed by atoms with E-state index in [1.165, 1.54) is 17.7 Å². The average molecular weight is 303 g/mol. The molecule has 2 N–H and O–H groups in total. The second-order valence-electron chi connectivity index (χ2n) is 5.45. The number of nitrogens with two attached hydrogens (primary N) is 1. The molecule has 1 atom stereocenters. The van der Waals surface area contributed by atoms with Crippen molar-refractivity contribution >= 4 is 22.9 Å². The van der Waals surface area contributed by atoms with Crippen molar-refractivity contribution in [2.45, 2.75) is 52.6 Å². The molecule has 1 unspecified atom stereocenters. The molecule has 0 aliphatic rings. The third-order valence-electron chi connectivity index (χ3n) is 3.53. The summed E-state index contributed by atoms with van der Waals surface area (Å²) in [7, 11) is 0. The first-order valence-corrected chi connectivity index (χ1v) is 8.43. The van der Waals surface area contributed by atoms with Crippen LogP contribution in [0.25, 0.3) is 0 Å².